The highest BCUT2D eigenvalue weighted by atomic mass is 32.2. The highest BCUT2D eigenvalue weighted by Crippen LogP contribution is 2.19. The van der Waals surface area contributed by atoms with Gasteiger partial charge in [0.25, 0.3) is 0 Å². The van der Waals surface area contributed by atoms with Crippen molar-refractivity contribution in [2.75, 3.05) is 18.9 Å². The molecule has 0 unspecified atom stereocenters. The second-order valence-corrected chi connectivity index (χ2v) is 5.92. The molecule has 0 fully saturated rings. The van der Waals surface area contributed by atoms with Crippen LogP contribution in [-0.4, -0.2) is 27.7 Å². The van der Waals surface area contributed by atoms with E-state index in [4.69, 9.17) is 15.7 Å². The van der Waals surface area contributed by atoms with E-state index in [1.165, 1.54) is 18.2 Å². The number of rotatable bonds is 6. The second-order valence-electron chi connectivity index (χ2n) is 4.18. The minimum absolute atomic E-state index is 0.0314. The molecule has 0 amide bonds. The van der Waals surface area contributed by atoms with E-state index in [0.717, 1.165) is 0 Å². The first kappa shape index (κ1) is 15.4. The number of benzene rings is 1. The van der Waals surface area contributed by atoms with Gasteiger partial charge >= 0.3 is 0 Å². The van der Waals surface area contributed by atoms with E-state index in [0.29, 0.717) is 5.56 Å². The van der Waals surface area contributed by atoms with Crippen LogP contribution in [-0.2, 0) is 14.8 Å². The van der Waals surface area contributed by atoms with Gasteiger partial charge in [0.1, 0.15) is 4.90 Å². The molecule has 6 nitrogen and oxygen atoms in total. The van der Waals surface area contributed by atoms with E-state index in [2.05, 4.69) is 4.72 Å². The summed E-state index contributed by atoms with van der Waals surface area (Å²) in [5.74, 6) is 0. The van der Waals surface area contributed by atoms with Crippen molar-refractivity contribution in [3.05, 3.63) is 23.8 Å². The maximum absolute atomic E-state index is 12.0. The Morgan fingerprint density at radius 1 is 1.47 bits per heavy atom. The normalized spacial score (nSPS) is 11.5. The van der Waals surface area contributed by atoms with Crippen molar-refractivity contribution in [2.45, 2.75) is 24.8 Å². The number of nitrogens with two attached hydrogens (primary N) is 1. The summed E-state index contributed by atoms with van der Waals surface area (Å²) in [6, 6.07) is 5.96. The van der Waals surface area contributed by atoms with Gasteiger partial charge in [0.2, 0.25) is 10.0 Å². The lowest BCUT2D eigenvalue weighted by Gasteiger charge is -2.10. The highest BCUT2D eigenvalue weighted by molar-refractivity contribution is 7.89. The average molecular weight is 283 g/mol. The van der Waals surface area contributed by atoms with Crippen molar-refractivity contribution in [3.63, 3.8) is 0 Å². The van der Waals surface area contributed by atoms with Gasteiger partial charge in [-0.3, -0.25) is 0 Å². The fourth-order valence-corrected chi connectivity index (χ4v) is 2.54. The third kappa shape index (κ3) is 4.52. The molecule has 0 heterocycles. The number of nitrogen functional groups attached to an aromatic ring is 1. The van der Waals surface area contributed by atoms with Crippen LogP contribution in [0, 0.1) is 11.3 Å². The van der Waals surface area contributed by atoms with Crippen molar-refractivity contribution < 1.29 is 13.2 Å². The van der Waals surface area contributed by atoms with E-state index < -0.39 is 10.0 Å². The standard InChI is InChI=1S/C12H17N3O3S/c1-9(2)18-6-5-15-19(16,17)12-4-3-10(8-13)7-11(12)14/h3-4,7,9,15H,5-6,14H2,1-2H3. The van der Waals surface area contributed by atoms with Gasteiger partial charge in [0.15, 0.2) is 0 Å². The summed E-state index contributed by atoms with van der Waals surface area (Å²) in [7, 11) is -3.68. The van der Waals surface area contributed by atoms with E-state index in [9.17, 15) is 8.42 Å². The van der Waals surface area contributed by atoms with Crippen LogP contribution < -0.4 is 10.5 Å². The zero-order valence-electron chi connectivity index (χ0n) is 10.9. The summed E-state index contributed by atoms with van der Waals surface area (Å²) < 4.78 is 31.6. The molecular weight excluding hydrogens is 266 g/mol. The highest BCUT2D eigenvalue weighted by Gasteiger charge is 2.17. The molecule has 104 valence electrons. The quantitative estimate of drug-likeness (QED) is 0.594. The van der Waals surface area contributed by atoms with Gasteiger partial charge in [-0.25, -0.2) is 13.1 Å². The Balaban J connectivity index is 2.75. The van der Waals surface area contributed by atoms with E-state index in [1.807, 2.05) is 19.9 Å². The van der Waals surface area contributed by atoms with Crippen molar-refractivity contribution in [3.8, 4) is 6.07 Å². The van der Waals surface area contributed by atoms with Crippen LogP contribution in [0.5, 0.6) is 0 Å². The lowest BCUT2D eigenvalue weighted by Crippen LogP contribution is -2.28. The molecule has 0 radical (unpaired) electrons. The van der Waals surface area contributed by atoms with Crippen LogP contribution in [0.1, 0.15) is 19.4 Å². The number of nitrogens with zero attached hydrogens (tertiary/aromatic N) is 1. The lowest BCUT2D eigenvalue weighted by atomic mass is 10.2. The van der Waals surface area contributed by atoms with Crippen molar-refractivity contribution >= 4 is 15.7 Å². The van der Waals surface area contributed by atoms with Crippen LogP contribution in [0.2, 0.25) is 0 Å². The van der Waals surface area contributed by atoms with Crippen LogP contribution in [0.4, 0.5) is 5.69 Å². The molecule has 0 saturated carbocycles. The van der Waals surface area contributed by atoms with Gasteiger partial charge in [-0.2, -0.15) is 5.26 Å². The van der Waals surface area contributed by atoms with Gasteiger partial charge in [-0.15, -0.1) is 0 Å². The van der Waals surface area contributed by atoms with Gasteiger partial charge < -0.3 is 10.5 Å². The summed E-state index contributed by atoms with van der Waals surface area (Å²) in [4.78, 5) is -0.0314. The summed E-state index contributed by atoms with van der Waals surface area (Å²) in [5, 5.41) is 8.69. The van der Waals surface area contributed by atoms with E-state index in [1.54, 1.807) is 0 Å². The van der Waals surface area contributed by atoms with E-state index in [-0.39, 0.29) is 29.8 Å². The monoisotopic (exact) mass is 283 g/mol. The molecule has 1 aromatic rings. The summed E-state index contributed by atoms with van der Waals surface area (Å²) in [6.07, 6.45) is 0.0458. The van der Waals surface area contributed by atoms with Crippen LogP contribution >= 0.6 is 0 Å². The Morgan fingerprint density at radius 3 is 2.68 bits per heavy atom. The van der Waals surface area contributed by atoms with Crippen molar-refractivity contribution in [2.24, 2.45) is 0 Å². The second kappa shape index (κ2) is 6.52. The average Bonchev–Trinajstić information content (AvgIpc) is 2.34. The molecule has 3 N–H and O–H groups in total. The predicted octanol–water partition coefficient (Wildman–Crippen LogP) is 0.844. The molecule has 1 aromatic carbocycles. The third-order valence-corrected chi connectivity index (χ3v) is 3.81. The van der Waals surface area contributed by atoms with Crippen molar-refractivity contribution in [1.82, 2.24) is 4.72 Å². The lowest BCUT2D eigenvalue weighted by molar-refractivity contribution is 0.0834. The number of nitriles is 1. The minimum atomic E-state index is -3.68. The Hall–Kier alpha value is -1.62. The number of sulfonamides is 1. The Bertz CT molecular complexity index is 576. The minimum Gasteiger partial charge on any atom is -0.398 e. The number of nitrogens with one attached hydrogen (secondary N) is 1. The first-order chi connectivity index (χ1) is 8.86. The Morgan fingerprint density at radius 2 is 2.16 bits per heavy atom. The smallest absolute Gasteiger partial charge is 0.242 e. The van der Waals surface area contributed by atoms with Gasteiger partial charge in [-0.05, 0) is 32.0 Å². The molecule has 0 spiro atoms. The SMILES string of the molecule is CC(C)OCCNS(=O)(=O)c1ccc(C#N)cc1N. The molecule has 0 aliphatic rings. The summed E-state index contributed by atoms with van der Waals surface area (Å²) >= 11 is 0. The fraction of sp³-hybridized carbons (Fsp3) is 0.417. The molecule has 7 heteroatoms. The number of anilines is 1. The van der Waals surface area contributed by atoms with Crippen LogP contribution in [0.15, 0.2) is 23.1 Å². The first-order valence-electron chi connectivity index (χ1n) is 5.77. The Kier molecular flexibility index (Phi) is 5.30. The fourth-order valence-electron chi connectivity index (χ4n) is 1.41. The molecule has 0 bridgehead atoms. The third-order valence-electron chi connectivity index (χ3n) is 2.27. The zero-order chi connectivity index (χ0) is 14.5. The Labute approximate surface area is 113 Å². The topological polar surface area (TPSA) is 105 Å². The van der Waals surface area contributed by atoms with Crippen molar-refractivity contribution in [1.29, 1.82) is 5.26 Å². The molecule has 0 saturated heterocycles. The molecule has 0 aromatic heterocycles. The number of hydrogen-bond donors (Lipinski definition) is 2. The maximum atomic E-state index is 12.0. The van der Waals surface area contributed by atoms with Gasteiger partial charge in [0.05, 0.1) is 30.0 Å². The molecular formula is C12H17N3O3S. The molecule has 19 heavy (non-hydrogen) atoms. The molecule has 1 rings (SSSR count). The van der Waals surface area contributed by atoms with Crippen LogP contribution in [0.3, 0.4) is 0 Å². The van der Waals surface area contributed by atoms with Crippen LogP contribution in [0.25, 0.3) is 0 Å². The number of ether oxygens (including phenoxy) is 1. The van der Waals surface area contributed by atoms with E-state index >= 15 is 0 Å². The molecule has 0 aliphatic carbocycles. The maximum Gasteiger partial charge on any atom is 0.242 e. The largest absolute Gasteiger partial charge is 0.398 e. The zero-order valence-corrected chi connectivity index (χ0v) is 11.7. The first-order valence-corrected chi connectivity index (χ1v) is 7.26. The predicted molar refractivity (Wildman–Crippen MR) is 71.8 cm³/mol. The number of hydrogen-bond acceptors (Lipinski definition) is 5. The summed E-state index contributed by atoms with van der Waals surface area (Å²) in [6.45, 7) is 4.19. The van der Waals surface area contributed by atoms with Gasteiger partial charge in [-0.1, -0.05) is 0 Å². The molecule has 0 atom stereocenters. The van der Waals surface area contributed by atoms with Gasteiger partial charge in [0, 0.05) is 6.54 Å². The summed E-state index contributed by atoms with van der Waals surface area (Å²) in [5.41, 5.74) is 6.01. The molecule has 0 aliphatic heterocycles.